The molecule has 4 heteroatoms. The number of thioether (sulfide) groups is 1. The van der Waals surface area contributed by atoms with Gasteiger partial charge in [0.2, 0.25) is 0 Å². The van der Waals surface area contributed by atoms with Crippen LogP contribution in [0, 0.1) is 5.82 Å². The van der Waals surface area contributed by atoms with Crippen molar-refractivity contribution in [1.82, 2.24) is 5.32 Å². The summed E-state index contributed by atoms with van der Waals surface area (Å²) >= 11 is 1.78. The van der Waals surface area contributed by atoms with Gasteiger partial charge in [-0.15, -0.1) is 11.8 Å². The predicted molar refractivity (Wildman–Crippen MR) is 68.8 cm³/mol. The fourth-order valence-corrected chi connectivity index (χ4v) is 3.65. The van der Waals surface area contributed by atoms with Gasteiger partial charge in [-0.2, -0.15) is 0 Å². The molecule has 94 valence electrons. The zero-order valence-electron chi connectivity index (χ0n) is 9.95. The van der Waals surface area contributed by atoms with E-state index in [2.05, 4.69) is 5.32 Å². The lowest BCUT2D eigenvalue weighted by atomic mass is 10.00. The molecule has 0 heterocycles. The van der Waals surface area contributed by atoms with Crippen LogP contribution in [0.3, 0.4) is 0 Å². The summed E-state index contributed by atoms with van der Waals surface area (Å²) in [6, 6.07) is 6.62. The van der Waals surface area contributed by atoms with E-state index in [1.165, 1.54) is 12.1 Å². The van der Waals surface area contributed by atoms with E-state index in [9.17, 15) is 9.50 Å². The minimum Gasteiger partial charge on any atom is -0.394 e. The van der Waals surface area contributed by atoms with Gasteiger partial charge in [0.05, 0.1) is 6.61 Å². The maximum absolute atomic E-state index is 12.8. The third-order valence-electron chi connectivity index (χ3n) is 3.51. The minimum absolute atomic E-state index is 0.113. The van der Waals surface area contributed by atoms with Gasteiger partial charge in [-0.25, -0.2) is 4.39 Å². The first-order valence-corrected chi connectivity index (χ1v) is 6.77. The molecule has 2 nitrogen and oxygen atoms in total. The van der Waals surface area contributed by atoms with E-state index in [1.807, 2.05) is 19.2 Å². The fraction of sp³-hybridized carbons (Fsp3) is 0.538. The first-order valence-electron chi connectivity index (χ1n) is 5.89. The molecule has 0 aromatic heterocycles. The molecule has 0 radical (unpaired) electrons. The molecule has 2 rings (SSSR count). The first kappa shape index (κ1) is 12.9. The summed E-state index contributed by atoms with van der Waals surface area (Å²) in [6.07, 6.45) is 3.05. The summed E-state index contributed by atoms with van der Waals surface area (Å²) in [5.41, 5.74) is -0.113. The average molecular weight is 255 g/mol. The van der Waals surface area contributed by atoms with Crippen molar-refractivity contribution in [3.05, 3.63) is 30.1 Å². The molecule has 0 amide bonds. The van der Waals surface area contributed by atoms with E-state index in [1.54, 1.807) is 11.8 Å². The van der Waals surface area contributed by atoms with E-state index in [0.29, 0.717) is 5.25 Å². The van der Waals surface area contributed by atoms with E-state index >= 15 is 0 Å². The van der Waals surface area contributed by atoms with Crippen LogP contribution in [0.2, 0.25) is 0 Å². The molecule has 1 saturated carbocycles. The minimum atomic E-state index is -0.194. The number of aliphatic hydroxyl groups excluding tert-OH is 1. The van der Waals surface area contributed by atoms with Crippen molar-refractivity contribution < 1.29 is 9.50 Å². The standard InChI is InChI=1S/C13H18FNOS/c1-15-13(9-16)7-6-12(8-13)17-11-4-2-10(14)3-5-11/h2-5,12,15-16H,6-9H2,1H3. The fourth-order valence-electron chi connectivity index (χ4n) is 2.33. The Labute approximate surface area is 106 Å². The quantitative estimate of drug-likeness (QED) is 0.866. The Balaban J connectivity index is 1.95. The molecule has 1 aromatic rings. The van der Waals surface area contributed by atoms with Gasteiger partial charge >= 0.3 is 0 Å². The lowest BCUT2D eigenvalue weighted by molar-refractivity contribution is 0.173. The van der Waals surface area contributed by atoms with Crippen LogP contribution in [0.5, 0.6) is 0 Å². The number of nitrogens with one attached hydrogen (secondary N) is 1. The van der Waals surface area contributed by atoms with Gasteiger partial charge in [-0.3, -0.25) is 0 Å². The Morgan fingerprint density at radius 3 is 2.71 bits per heavy atom. The number of likely N-dealkylation sites (N-methyl/N-ethyl adjacent to an activating group) is 1. The second-order valence-electron chi connectivity index (χ2n) is 4.63. The topological polar surface area (TPSA) is 32.3 Å². The Hall–Kier alpha value is -0.580. The van der Waals surface area contributed by atoms with Gasteiger partial charge in [-0.1, -0.05) is 0 Å². The summed E-state index contributed by atoms with van der Waals surface area (Å²) in [4.78, 5) is 1.10. The smallest absolute Gasteiger partial charge is 0.123 e. The number of benzene rings is 1. The summed E-state index contributed by atoms with van der Waals surface area (Å²) in [5, 5.41) is 13.1. The molecule has 2 unspecified atom stereocenters. The van der Waals surface area contributed by atoms with Crippen molar-refractivity contribution in [1.29, 1.82) is 0 Å². The van der Waals surface area contributed by atoms with Crippen molar-refractivity contribution in [2.24, 2.45) is 0 Å². The van der Waals surface area contributed by atoms with E-state index < -0.39 is 0 Å². The van der Waals surface area contributed by atoms with Crippen LogP contribution in [0.25, 0.3) is 0 Å². The van der Waals surface area contributed by atoms with Crippen LogP contribution in [0.15, 0.2) is 29.2 Å². The van der Waals surface area contributed by atoms with Gasteiger partial charge in [-0.05, 0) is 50.6 Å². The average Bonchev–Trinajstić information content (AvgIpc) is 2.76. The normalized spacial score (nSPS) is 28.5. The van der Waals surface area contributed by atoms with Crippen molar-refractivity contribution in [2.45, 2.75) is 34.9 Å². The lowest BCUT2D eigenvalue weighted by Crippen LogP contribution is -2.44. The number of rotatable bonds is 4. The molecule has 1 fully saturated rings. The summed E-state index contributed by atoms with van der Waals surface area (Å²) in [5.74, 6) is -0.194. The SMILES string of the molecule is CNC1(CO)CCC(Sc2ccc(F)cc2)C1. The van der Waals surface area contributed by atoms with Crippen LogP contribution in [-0.4, -0.2) is 29.5 Å². The maximum Gasteiger partial charge on any atom is 0.123 e. The maximum atomic E-state index is 12.8. The molecule has 0 saturated heterocycles. The highest BCUT2D eigenvalue weighted by molar-refractivity contribution is 8.00. The van der Waals surface area contributed by atoms with Crippen LogP contribution in [0.4, 0.5) is 4.39 Å². The van der Waals surface area contributed by atoms with Crippen LogP contribution < -0.4 is 5.32 Å². The molecular weight excluding hydrogens is 237 g/mol. The first-order chi connectivity index (χ1) is 8.17. The van der Waals surface area contributed by atoms with E-state index in [0.717, 1.165) is 24.2 Å². The predicted octanol–water partition coefficient (Wildman–Crippen LogP) is 2.42. The zero-order chi connectivity index (χ0) is 12.3. The molecule has 0 aliphatic heterocycles. The number of aliphatic hydroxyl groups is 1. The summed E-state index contributed by atoms with van der Waals surface area (Å²) < 4.78 is 12.8. The molecule has 1 aliphatic carbocycles. The van der Waals surface area contributed by atoms with Crippen LogP contribution >= 0.6 is 11.8 Å². The van der Waals surface area contributed by atoms with E-state index in [4.69, 9.17) is 0 Å². The Bertz CT molecular complexity index is 364. The van der Waals surface area contributed by atoms with Crippen LogP contribution in [0.1, 0.15) is 19.3 Å². The second-order valence-corrected chi connectivity index (χ2v) is 6.00. The monoisotopic (exact) mass is 255 g/mol. The highest BCUT2D eigenvalue weighted by Crippen LogP contribution is 2.39. The molecule has 1 aromatic carbocycles. The largest absolute Gasteiger partial charge is 0.394 e. The molecule has 17 heavy (non-hydrogen) atoms. The summed E-state index contributed by atoms with van der Waals surface area (Å²) in [7, 11) is 1.90. The van der Waals surface area contributed by atoms with Crippen molar-refractivity contribution in [3.63, 3.8) is 0 Å². The number of halogens is 1. The van der Waals surface area contributed by atoms with Crippen molar-refractivity contribution in [2.75, 3.05) is 13.7 Å². The Kier molecular flexibility index (Phi) is 4.07. The Morgan fingerprint density at radius 1 is 1.47 bits per heavy atom. The third-order valence-corrected chi connectivity index (χ3v) is 4.79. The zero-order valence-corrected chi connectivity index (χ0v) is 10.8. The highest BCUT2D eigenvalue weighted by Gasteiger charge is 2.37. The number of hydrogen-bond acceptors (Lipinski definition) is 3. The van der Waals surface area contributed by atoms with Crippen LogP contribution in [-0.2, 0) is 0 Å². The van der Waals surface area contributed by atoms with Gasteiger partial charge in [0.25, 0.3) is 0 Å². The summed E-state index contributed by atoms with van der Waals surface area (Å²) in [6.45, 7) is 0.185. The molecule has 2 N–H and O–H groups in total. The van der Waals surface area contributed by atoms with Crippen molar-refractivity contribution in [3.8, 4) is 0 Å². The molecule has 2 atom stereocenters. The Morgan fingerprint density at radius 2 is 2.18 bits per heavy atom. The van der Waals surface area contributed by atoms with Gasteiger partial charge < -0.3 is 10.4 Å². The molecular formula is C13H18FNOS. The molecule has 0 bridgehead atoms. The van der Waals surface area contributed by atoms with Gasteiger partial charge in [0, 0.05) is 15.7 Å². The lowest BCUT2D eigenvalue weighted by Gasteiger charge is -2.26. The molecule has 1 aliphatic rings. The highest BCUT2D eigenvalue weighted by atomic mass is 32.2. The van der Waals surface area contributed by atoms with Gasteiger partial charge in [0.15, 0.2) is 0 Å². The third kappa shape index (κ3) is 3.00. The van der Waals surface area contributed by atoms with E-state index in [-0.39, 0.29) is 18.0 Å². The van der Waals surface area contributed by atoms with Crippen molar-refractivity contribution >= 4 is 11.8 Å². The number of hydrogen-bond donors (Lipinski definition) is 2. The molecule has 0 spiro atoms. The second kappa shape index (κ2) is 5.38. The van der Waals surface area contributed by atoms with Gasteiger partial charge in [0.1, 0.15) is 5.82 Å².